The molecule has 0 atom stereocenters. The fourth-order valence-corrected chi connectivity index (χ4v) is 2.97. The second-order valence-corrected chi connectivity index (χ2v) is 5.54. The lowest BCUT2D eigenvalue weighted by atomic mass is 10.1. The Bertz CT molecular complexity index is 406. The molecule has 0 aromatic heterocycles. The summed E-state index contributed by atoms with van der Waals surface area (Å²) in [5.74, 6) is 2.82. The zero-order valence-electron chi connectivity index (χ0n) is 10.2. The van der Waals surface area contributed by atoms with Gasteiger partial charge in [0.1, 0.15) is 5.75 Å². The van der Waals surface area contributed by atoms with Crippen LogP contribution in [-0.2, 0) is 4.79 Å². The number of carbonyl (C=O) groups excluding carboxylic acids is 1. The van der Waals surface area contributed by atoms with Crippen molar-refractivity contribution in [1.82, 2.24) is 5.32 Å². The van der Waals surface area contributed by atoms with E-state index in [1.165, 1.54) is 0 Å². The van der Waals surface area contributed by atoms with Crippen LogP contribution in [0.15, 0.2) is 24.3 Å². The molecule has 1 aromatic rings. The summed E-state index contributed by atoms with van der Waals surface area (Å²) in [4.78, 5) is 11.7. The average Bonchev–Trinajstić information content (AvgIpc) is 2.38. The predicted molar refractivity (Wildman–Crippen MR) is 74.8 cm³/mol. The summed E-state index contributed by atoms with van der Waals surface area (Å²) in [7, 11) is 0. The fraction of sp³-hybridized carbons (Fsp3) is 0.462. The normalized spacial score (nSPS) is 16.2. The van der Waals surface area contributed by atoms with Gasteiger partial charge >= 0.3 is 0 Å². The summed E-state index contributed by atoms with van der Waals surface area (Å²) >= 11 is 1.94. The number of carbonyl (C=O) groups is 1. The van der Waals surface area contributed by atoms with Gasteiger partial charge in [0.15, 0.2) is 6.61 Å². The predicted octanol–water partition coefficient (Wildman–Crippen LogP) is 1.66. The van der Waals surface area contributed by atoms with Gasteiger partial charge in [0.25, 0.3) is 5.91 Å². The average molecular weight is 266 g/mol. The SMILES string of the molecule is Nc1cccc(OCC(=O)NC2CCSCC2)c1. The largest absolute Gasteiger partial charge is 0.484 e. The van der Waals surface area contributed by atoms with E-state index in [1.807, 2.05) is 11.8 Å². The molecule has 0 radical (unpaired) electrons. The third-order valence-corrected chi connectivity index (χ3v) is 3.86. The quantitative estimate of drug-likeness (QED) is 0.814. The van der Waals surface area contributed by atoms with Crippen LogP contribution in [0.4, 0.5) is 5.69 Å². The second-order valence-electron chi connectivity index (χ2n) is 4.32. The highest BCUT2D eigenvalue weighted by molar-refractivity contribution is 7.99. The van der Waals surface area contributed by atoms with E-state index in [4.69, 9.17) is 10.5 Å². The molecule has 5 heteroatoms. The van der Waals surface area contributed by atoms with Crippen LogP contribution >= 0.6 is 11.8 Å². The number of nitrogen functional groups attached to an aromatic ring is 1. The first-order valence-corrected chi connectivity index (χ1v) is 7.25. The number of ether oxygens (including phenoxy) is 1. The van der Waals surface area contributed by atoms with Crippen LogP contribution in [0.2, 0.25) is 0 Å². The third-order valence-electron chi connectivity index (χ3n) is 2.81. The van der Waals surface area contributed by atoms with Crippen LogP contribution in [0.1, 0.15) is 12.8 Å². The minimum atomic E-state index is -0.0608. The van der Waals surface area contributed by atoms with E-state index < -0.39 is 0 Å². The molecule has 0 bridgehead atoms. The van der Waals surface area contributed by atoms with E-state index >= 15 is 0 Å². The summed E-state index contributed by atoms with van der Waals surface area (Å²) in [6.45, 7) is 0.0487. The standard InChI is InChI=1S/C13H18N2O2S/c14-10-2-1-3-12(8-10)17-9-13(16)15-11-4-6-18-7-5-11/h1-3,8,11H,4-7,9,14H2,(H,15,16). The van der Waals surface area contributed by atoms with Crippen molar-refractivity contribution in [3.63, 3.8) is 0 Å². The van der Waals surface area contributed by atoms with E-state index in [2.05, 4.69) is 5.32 Å². The van der Waals surface area contributed by atoms with Gasteiger partial charge in [-0.3, -0.25) is 4.79 Å². The Morgan fingerprint density at radius 1 is 1.44 bits per heavy atom. The molecule has 4 nitrogen and oxygen atoms in total. The molecular weight excluding hydrogens is 248 g/mol. The fourth-order valence-electron chi connectivity index (χ4n) is 1.86. The first-order chi connectivity index (χ1) is 8.74. The second kappa shape index (κ2) is 6.54. The Morgan fingerprint density at radius 3 is 2.94 bits per heavy atom. The van der Waals surface area contributed by atoms with Gasteiger partial charge in [-0.25, -0.2) is 0 Å². The van der Waals surface area contributed by atoms with Gasteiger partial charge in [-0.2, -0.15) is 11.8 Å². The van der Waals surface area contributed by atoms with Crippen molar-refractivity contribution in [2.24, 2.45) is 0 Å². The van der Waals surface area contributed by atoms with Crippen molar-refractivity contribution < 1.29 is 9.53 Å². The maximum atomic E-state index is 11.7. The molecule has 1 aromatic carbocycles. The lowest BCUT2D eigenvalue weighted by Gasteiger charge is -2.22. The van der Waals surface area contributed by atoms with E-state index in [9.17, 15) is 4.79 Å². The summed E-state index contributed by atoms with van der Waals surface area (Å²) in [6.07, 6.45) is 2.10. The number of benzene rings is 1. The van der Waals surface area contributed by atoms with Crippen molar-refractivity contribution >= 4 is 23.4 Å². The maximum Gasteiger partial charge on any atom is 0.258 e. The molecule has 1 heterocycles. The van der Waals surface area contributed by atoms with Crippen molar-refractivity contribution in [2.75, 3.05) is 23.8 Å². The van der Waals surface area contributed by atoms with Crippen LogP contribution in [0.25, 0.3) is 0 Å². The molecule has 1 aliphatic rings. The van der Waals surface area contributed by atoms with Crippen LogP contribution in [0, 0.1) is 0 Å². The molecule has 0 spiro atoms. The van der Waals surface area contributed by atoms with Gasteiger partial charge in [-0.05, 0) is 36.5 Å². The van der Waals surface area contributed by atoms with E-state index in [0.717, 1.165) is 24.3 Å². The number of thioether (sulfide) groups is 1. The van der Waals surface area contributed by atoms with Gasteiger partial charge in [-0.15, -0.1) is 0 Å². The summed E-state index contributed by atoms with van der Waals surface area (Å²) in [5, 5.41) is 3.00. The van der Waals surface area contributed by atoms with E-state index in [-0.39, 0.29) is 12.5 Å². The number of rotatable bonds is 4. The Hall–Kier alpha value is -1.36. The molecule has 0 unspecified atom stereocenters. The minimum absolute atomic E-state index is 0.0487. The summed E-state index contributed by atoms with van der Waals surface area (Å²) < 4.78 is 5.39. The van der Waals surface area contributed by atoms with Gasteiger partial charge in [0.05, 0.1) is 0 Å². The third kappa shape index (κ3) is 4.14. The summed E-state index contributed by atoms with van der Waals surface area (Å²) in [5.41, 5.74) is 6.27. The number of hydrogen-bond acceptors (Lipinski definition) is 4. The molecule has 1 fully saturated rings. The highest BCUT2D eigenvalue weighted by Crippen LogP contribution is 2.17. The van der Waals surface area contributed by atoms with Gasteiger partial charge in [0, 0.05) is 17.8 Å². The van der Waals surface area contributed by atoms with Crippen LogP contribution in [0.5, 0.6) is 5.75 Å². The Morgan fingerprint density at radius 2 is 2.22 bits per heavy atom. The highest BCUT2D eigenvalue weighted by Gasteiger charge is 2.15. The Kier molecular flexibility index (Phi) is 4.75. The molecular formula is C13H18N2O2S. The molecule has 1 saturated heterocycles. The minimum Gasteiger partial charge on any atom is -0.484 e. The van der Waals surface area contributed by atoms with Gasteiger partial charge < -0.3 is 15.8 Å². The lowest BCUT2D eigenvalue weighted by molar-refractivity contribution is -0.123. The maximum absolute atomic E-state index is 11.7. The number of amides is 1. The number of hydrogen-bond donors (Lipinski definition) is 2. The first kappa shape index (κ1) is 13.1. The molecule has 3 N–H and O–H groups in total. The topological polar surface area (TPSA) is 64.3 Å². The van der Waals surface area contributed by atoms with E-state index in [1.54, 1.807) is 24.3 Å². The molecule has 1 aliphatic heterocycles. The smallest absolute Gasteiger partial charge is 0.258 e. The lowest BCUT2D eigenvalue weighted by Crippen LogP contribution is -2.39. The van der Waals surface area contributed by atoms with Gasteiger partial charge in [0.2, 0.25) is 0 Å². The highest BCUT2D eigenvalue weighted by atomic mass is 32.2. The van der Waals surface area contributed by atoms with Crippen molar-refractivity contribution in [2.45, 2.75) is 18.9 Å². The number of nitrogens with one attached hydrogen (secondary N) is 1. The Balaban J connectivity index is 1.74. The zero-order valence-corrected chi connectivity index (χ0v) is 11.0. The van der Waals surface area contributed by atoms with E-state index in [0.29, 0.717) is 17.5 Å². The molecule has 18 heavy (non-hydrogen) atoms. The van der Waals surface area contributed by atoms with Crippen LogP contribution in [0.3, 0.4) is 0 Å². The van der Waals surface area contributed by atoms with Gasteiger partial charge in [-0.1, -0.05) is 6.07 Å². The summed E-state index contributed by atoms with van der Waals surface area (Å²) in [6, 6.07) is 7.40. The molecule has 0 aliphatic carbocycles. The molecule has 1 amide bonds. The van der Waals surface area contributed by atoms with Crippen LogP contribution < -0.4 is 15.8 Å². The zero-order chi connectivity index (χ0) is 12.8. The van der Waals surface area contributed by atoms with Crippen LogP contribution in [-0.4, -0.2) is 30.1 Å². The number of nitrogens with two attached hydrogens (primary N) is 1. The molecule has 0 saturated carbocycles. The Labute approximate surface area is 111 Å². The number of anilines is 1. The van der Waals surface area contributed by atoms with Crippen molar-refractivity contribution in [3.05, 3.63) is 24.3 Å². The first-order valence-electron chi connectivity index (χ1n) is 6.09. The van der Waals surface area contributed by atoms with Crippen molar-refractivity contribution in [1.29, 1.82) is 0 Å². The van der Waals surface area contributed by atoms with Crippen molar-refractivity contribution in [3.8, 4) is 5.75 Å². The molecule has 98 valence electrons. The molecule has 2 rings (SSSR count). The monoisotopic (exact) mass is 266 g/mol.